The normalized spacial score (nSPS) is 20.0. The number of cyclic esters (lactones) is 3. The number of carbonyl (C=O) groups excluding carboxylic acids is 6. The van der Waals surface area contributed by atoms with Crippen LogP contribution in [0.3, 0.4) is 0 Å². The SMILES string of the molecule is CC(C)(C)OC(=O)N1CCC(=C2CCOC2=O)CC1.CC(C)(C)OC(=O)N1CCC(=O)CC1.CCOP(=O)(OCC)C1CCOC1=O.CCOP(OCC)OCC.O=C1OCCC1Br. The van der Waals surface area contributed by atoms with Gasteiger partial charge in [-0.25, -0.2) is 14.4 Å². The van der Waals surface area contributed by atoms with Crippen molar-refractivity contribution in [3.8, 4) is 0 Å². The minimum absolute atomic E-state index is 0.0347. The first-order valence-electron chi connectivity index (χ1n) is 21.9. The molecule has 5 saturated heterocycles. The van der Waals surface area contributed by atoms with Crippen molar-refractivity contribution in [1.82, 2.24) is 9.80 Å². The Kier molecular flexibility index (Phi) is 28.3. The lowest BCUT2D eigenvalue weighted by molar-refractivity contribution is -0.138. The number of hydrogen-bond donors (Lipinski definition) is 0. The summed E-state index contributed by atoms with van der Waals surface area (Å²) < 4.78 is 62.4. The number of halogens is 1. The predicted octanol–water partition coefficient (Wildman–Crippen LogP) is 8.43. The Hall–Kier alpha value is -2.70. The van der Waals surface area contributed by atoms with E-state index < -0.39 is 39.0 Å². The first-order chi connectivity index (χ1) is 30.0. The third-order valence-corrected chi connectivity index (χ3v) is 13.4. The van der Waals surface area contributed by atoms with Crippen LogP contribution in [0.5, 0.6) is 0 Å². The summed E-state index contributed by atoms with van der Waals surface area (Å²) in [6.45, 7) is 26.3. The minimum Gasteiger partial charge on any atom is -0.465 e. The van der Waals surface area contributed by atoms with E-state index in [2.05, 4.69) is 20.7 Å². The number of ketones is 1. The van der Waals surface area contributed by atoms with Crippen LogP contribution < -0.4 is 0 Å². The second-order valence-corrected chi connectivity index (χ2v) is 20.7. The molecule has 0 N–H and O–H groups in total. The first-order valence-corrected chi connectivity index (χ1v) is 25.6. The van der Waals surface area contributed by atoms with Gasteiger partial charge in [0.1, 0.15) is 21.8 Å². The average Bonchev–Trinajstić information content (AvgIpc) is 3.96. The highest BCUT2D eigenvalue weighted by Gasteiger charge is 2.45. The van der Waals surface area contributed by atoms with E-state index in [1.165, 1.54) is 0 Å². The Morgan fingerprint density at radius 2 is 1.08 bits per heavy atom. The van der Waals surface area contributed by atoms with Gasteiger partial charge in [-0.15, -0.1) is 0 Å². The van der Waals surface area contributed by atoms with Crippen LogP contribution >= 0.6 is 32.1 Å². The summed E-state index contributed by atoms with van der Waals surface area (Å²) in [6.07, 6.45) is 3.75. The van der Waals surface area contributed by atoms with Gasteiger partial charge in [-0.2, -0.15) is 0 Å². The van der Waals surface area contributed by atoms with Crippen LogP contribution in [0.25, 0.3) is 0 Å². The average molecular weight is 1020 g/mol. The number of piperidine rings is 2. The molecule has 0 saturated carbocycles. The molecule has 5 fully saturated rings. The molecule has 2 amide bonds. The van der Waals surface area contributed by atoms with E-state index in [0.717, 1.165) is 30.4 Å². The molecule has 2 unspecified atom stereocenters. The smallest absolute Gasteiger partial charge is 0.410 e. The van der Waals surface area contributed by atoms with E-state index in [1.807, 2.05) is 62.3 Å². The van der Waals surface area contributed by atoms with Gasteiger partial charge in [-0.1, -0.05) is 21.5 Å². The fourth-order valence-corrected chi connectivity index (χ4v) is 8.94. The third kappa shape index (κ3) is 23.7. The minimum atomic E-state index is -3.30. The molecule has 370 valence electrons. The number of Topliss-reactive ketones (excluding diaryl/α,β-unsaturated/α-hetero) is 1. The second kappa shape index (κ2) is 30.6. The molecule has 0 spiro atoms. The molecule has 19 nitrogen and oxygen atoms in total. The zero-order chi connectivity index (χ0) is 48.5. The summed E-state index contributed by atoms with van der Waals surface area (Å²) >= 11 is 3.13. The molecule has 0 aliphatic carbocycles. The quantitative estimate of drug-likeness (QED) is 0.0623. The predicted molar refractivity (Wildman–Crippen MR) is 242 cm³/mol. The fraction of sp³-hybridized carbons (Fsp3) is 0.810. The Bertz CT molecular complexity index is 1520. The zero-order valence-corrected chi connectivity index (χ0v) is 43.1. The molecule has 5 heterocycles. The van der Waals surface area contributed by atoms with Crippen molar-refractivity contribution in [2.45, 2.75) is 143 Å². The Balaban J connectivity index is 0.000000414. The number of nitrogens with zero attached hydrogens (tertiary/aromatic N) is 2. The van der Waals surface area contributed by atoms with Crippen LogP contribution in [0.15, 0.2) is 11.1 Å². The summed E-state index contributed by atoms with van der Waals surface area (Å²) in [5.74, 6) is -0.555. The molecule has 0 aromatic heterocycles. The number of carbonyl (C=O) groups is 6. The Morgan fingerprint density at radius 3 is 1.39 bits per heavy atom. The van der Waals surface area contributed by atoms with Crippen LogP contribution in [-0.2, 0) is 70.0 Å². The number of rotatable bonds is 11. The van der Waals surface area contributed by atoms with Gasteiger partial charge in [0.05, 0.1) is 52.9 Å². The molecule has 5 aliphatic heterocycles. The molecule has 2 atom stereocenters. The van der Waals surface area contributed by atoms with Crippen LogP contribution in [0, 0.1) is 0 Å². The molecule has 0 bridgehead atoms. The van der Waals surface area contributed by atoms with E-state index in [1.54, 1.807) is 23.6 Å². The molecule has 0 radical (unpaired) electrons. The number of ether oxygens (including phenoxy) is 5. The van der Waals surface area contributed by atoms with Gasteiger partial charge in [-0.3, -0.25) is 18.9 Å². The van der Waals surface area contributed by atoms with Gasteiger partial charge in [-0.05, 0) is 89.0 Å². The summed E-state index contributed by atoms with van der Waals surface area (Å²) in [4.78, 5) is 70.6. The molecule has 0 aromatic rings. The van der Waals surface area contributed by atoms with Crippen LogP contribution in [0.1, 0.15) is 121 Å². The molecule has 5 rings (SSSR count). The van der Waals surface area contributed by atoms with Crippen molar-refractivity contribution in [3.05, 3.63) is 11.1 Å². The number of esters is 3. The van der Waals surface area contributed by atoms with Crippen molar-refractivity contribution >= 4 is 68.0 Å². The highest BCUT2D eigenvalue weighted by atomic mass is 79.9. The topological polar surface area (TPSA) is 218 Å². The lowest BCUT2D eigenvalue weighted by atomic mass is 9.97. The Morgan fingerprint density at radius 1 is 0.641 bits per heavy atom. The number of amides is 2. The van der Waals surface area contributed by atoms with Gasteiger partial charge in [0.2, 0.25) is 0 Å². The Labute approximate surface area is 389 Å². The molecular weight excluding hydrogens is 946 g/mol. The number of alkyl halides is 1. The van der Waals surface area contributed by atoms with Crippen molar-refractivity contribution in [3.63, 3.8) is 0 Å². The summed E-state index contributed by atoms with van der Waals surface area (Å²) in [6, 6.07) is 0. The van der Waals surface area contributed by atoms with Crippen LogP contribution in [0.2, 0.25) is 0 Å². The maximum atomic E-state index is 12.1. The lowest BCUT2D eigenvalue weighted by Crippen LogP contribution is -2.41. The van der Waals surface area contributed by atoms with Crippen LogP contribution in [-0.4, -0.2) is 146 Å². The molecule has 64 heavy (non-hydrogen) atoms. The van der Waals surface area contributed by atoms with Gasteiger partial charge in [0, 0.05) is 63.9 Å². The summed E-state index contributed by atoms with van der Waals surface area (Å²) in [5, 5.41) is 0. The summed E-state index contributed by atoms with van der Waals surface area (Å²) in [7, 11) is -4.36. The largest absolute Gasteiger partial charge is 0.465 e. The van der Waals surface area contributed by atoms with Gasteiger partial charge >= 0.3 is 46.3 Å². The second-order valence-electron chi connectivity index (χ2n) is 16.2. The third-order valence-electron chi connectivity index (χ3n) is 8.73. The molecule has 5 aliphatic rings. The first kappa shape index (κ1) is 59.3. The van der Waals surface area contributed by atoms with Crippen LogP contribution in [0.4, 0.5) is 9.59 Å². The fourth-order valence-electron chi connectivity index (χ4n) is 5.86. The maximum Gasteiger partial charge on any atom is 0.410 e. The van der Waals surface area contributed by atoms with E-state index in [0.29, 0.717) is 91.5 Å². The monoisotopic (exact) mass is 1020 g/mol. The standard InChI is InChI=1S/C14H21NO4.C10H17NO3.C8H15O5P.C6H15O3P.C4H5BrO2/c1-14(2,3)19-13(17)15-7-4-10(5-8-15)11-6-9-18-12(11)16;1-10(2,3)14-9(13)11-6-4-8(12)5-7-11;1-3-12-14(10,13-4-2)7-5-6-11-8(7)9;1-4-7-10(8-5-2)9-6-3;5-3-1-2-7-4(3)6/h4-9H2,1-3H3;4-7H2,1-3H3;7H,3-6H2,1-2H3;4-6H2,1-3H3;3H,1-2H2. The molecular formula is C42H73BrN2O17P2. The molecule has 22 heteroatoms. The number of likely N-dealkylation sites (tertiary alicyclic amines) is 2. The van der Waals surface area contributed by atoms with E-state index in [9.17, 15) is 33.3 Å². The summed E-state index contributed by atoms with van der Waals surface area (Å²) in [5.41, 5.74) is 0.303. The van der Waals surface area contributed by atoms with Crippen molar-refractivity contribution in [2.75, 3.05) is 79.0 Å². The highest BCUT2D eigenvalue weighted by molar-refractivity contribution is 9.10. The van der Waals surface area contributed by atoms with Gasteiger partial charge < -0.3 is 56.1 Å². The van der Waals surface area contributed by atoms with Gasteiger partial charge in [0.25, 0.3) is 0 Å². The van der Waals surface area contributed by atoms with Crippen molar-refractivity contribution in [2.24, 2.45) is 0 Å². The zero-order valence-electron chi connectivity index (χ0n) is 39.7. The van der Waals surface area contributed by atoms with Crippen molar-refractivity contribution in [1.29, 1.82) is 0 Å². The molecule has 0 aromatic carbocycles. The highest BCUT2D eigenvalue weighted by Crippen LogP contribution is 2.55. The van der Waals surface area contributed by atoms with Crippen molar-refractivity contribution < 1.29 is 79.6 Å². The lowest BCUT2D eigenvalue weighted by Gasteiger charge is -2.31. The number of hydrogen-bond acceptors (Lipinski definition) is 17. The van der Waals surface area contributed by atoms with E-state index >= 15 is 0 Å². The van der Waals surface area contributed by atoms with E-state index in [-0.39, 0.29) is 47.9 Å². The maximum absolute atomic E-state index is 12.1. The van der Waals surface area contributed by atoms with E-state index in [4.69, 9.17) is 41.6 Å². The van der Waals surface area contributed by atoms with Gasteiger partial charge in [0.15, 0.2) is 5.66 Å².